The molecular weight excluding hydrogens is 426 g/mol. The van der Waals surface area contributed by atoms with Crippen LogP contribution in [0, 0.1) is 0 Å². The molecule has 0 amide bonds. The lowest BCUT2D eigenvalue weighted by molar-refractivity contribution is 0.0290. The van der Waals surface area contributed by atoms with E-state index in [9.17, 15) is 15.2 Å². The monoisotopic (exact) mass is 451 g/mol. The highest BCUT2D eigenvalue weighted by Crippen LogP contribution is 2.42. The molecule has 33 heavy (non-hydrogen) atoms. The van der Waals surface area contributed by atoms with E-state index in [1.165, 1.54) is 32.6 Å². The summed E-state index contributed by atoms with van der Waals surface area (Å²) in [5, 5.41) is 25.8. The van der Waals surface area contributed by atoms with Crippen LogP contribution in [0.5, 0.6) is 11.5 Å². The maximum Gasteiger partial charge on any atom is 0.357 e. The van der Waals surface area contributed by atoms with Gasteiger partial charge in [0.1, 0.15) is 34.7 Å². The SMILES string of the molecule is COc1cc([C@H](CC=C(C)C)OC(=O)c2ccccn2)c(OC)c2c1/C(=N/O)C=C/C2=N\O. The number of nitrogens with zero attached hydrogens (tertiary/aromatic N) is 3. The summed E-state index contributed by atoms with van der Waals surface area (Å²) in [6.45, 7) is 3.88. The third-order valence-corrected chi connectivity index (χ3v) is 5.03. The molecule has 2 N–H and O–H groups in total. The van der Waals surface area contributed by atoms with Gasteiger partial charge in [-0.3, -0.25) is 0 Å². The number of esters is 1. The summed E-state index contributed by atoms with van der Waals surface area (Å²) in [5.41, 5.74) is 2.79. The van der Waals surface area contributed by atoms with Gasteiger partial charge in [0.15, 0.2) is 0 Å². The maximum atomic E-state index is 12.8. The Morgan fingerprint density at radius 3 is 2.33 bits per heavy atom. The predicted octanol–water partition coefficient (Wildman–Crippen LogP) is 4.28. The second-order valence-electron chi connectivity index (χ2n) is 7.38. The topological polar surface area (TPSA) is 123 Å². The van der Waals surface area contributed by atoms with Gasteiger partial charge >= 0.3 is 5.97 Å². The minimum Gasteiger partial charge on any atom is -0.496 e. The molecule has 0 spiro atoms. The number of allylic oxidation sites excluding steroid dienone is 3. The predicted molar refractivity (Wildman–Crippen MR) is 122 cm³/mol. The number of benzene rings is 1. The Labute approximate surface area is 191 Å². The zero-order valence-corrected chi connectivity index (χ0v) is 18.8. The molecule has 0 saturated carbocycles. The molecule has 1 aliphatic rings. The number of pyridine rings is 1. The van der Waals surface area contributed by atoms with Crippen molar-refractivity contribution >= 4 is 17.4 Å². The Kier molecular flexibility index (Phi) is 7.45. The number of rotatable bonds is 7. The van der Waals surface area contributed by atoms with Gasteiger partial charge in [0.05, 0.1) is 25.3 Å². The fraction of sp³-hybridized carbons (Fsp3) is 0.250. The zero-order valence-electron chi connectivity index (χ0n) is 18.8. The standard InChI is InChI=1S/C24H25N3O6/c1-14(2)8-11-19(33-24(28)18-7-5-6-12-25-18)15-13-20(31-3)21-16(26-29)9-10-17(27-30)22(21)23(15)32-4/h5-10,12-13,19,29-30H,11H2,1-4H3/b26-16+,27-17+/t19-/m0/s1. The van der Waals surface area contributed by atoms with Crippen LogP contribution in [0.25, 0.3) is 0 Å². The highest BCUT2D eigenvalue weighted by atomic mass is 16.5. The van der Waals surface area contributed by atoms with Crippen LogP contribution in [0.3, 0.4) is 0 Å². The van der Waals surface area contributed by atoms with Crippen molar-refractivity contribution in [1.29, 1.82) is 0 Å². The molecule has 1 aromatic carbocycles. The van der Waals surface area contributed by atoms with Crippen LogP contribution >= 0.6 is 0 Å². The largest absolute Gasteiger partial charge is 0.496 e. The Balaban J connectivity index is 2.21. The number of hydrogen-bond acceptors (Lipinski definition) is 9. The van der Waals surface area contributed by atoms with Crippen LogP contribution in [0.4, 0.5) is 0 Å². The minimum atomic E-state index is -0.774. The Morgan fingerprint density at radius 1 is 1.09 bits per heavy atom. The number of ether oxygens (including phenoxy) is 3. The number of carbonyl (C=O) groups is 1. The minimum absolute atomic E-state index is 0.166. The van der Waals surface area contributed by atoms with Gasteiger partial charge in [-0.05, 0) is 44.2 Å². The third-order valence-electron chi connectivity index (χ3n) is 5.03. The first kappa shape index (κ1) is 23.5. The fourth-order valence-corrected chi connectivity index (χ4v) is 3.52. The molecule has 2 aromatic rings. The molecule has 9 heteroatoms. The van der Waals surface area contributed by atoms with Crippen molar-refractivity contribution in [3.63, 3.8) is 0 Å². The van der Waals surface area contributed by atoms with Crippen LogP contribution in [0.1, 0.15) is 53.6 Å². The Bertz CT molecular complexity index is 1150. The molecule has 172 valence electrons. The van der Waals surface area contributed by atoms with Gasteiger partial charge in [-0.25, -0.2) is 9.78 Å². The summed E-state index contributed by atoms with van der Waals surface area (Å²) in [4.78, 5) is 16.9. The molecule has 0 unspecified atom stereocenters. The number of oxime groups is 2. The summed E-state index contributed by atoms with van der Waals surface area (Å²) in [6.07, 6.45) is 5.99. The highest BCUT2D eigenvalue weighted by Gasteiger charge is 2.32. The van der Waals surface area contributed by atoms with Crippen molar-refractivity contribution in [2.24, 2.45) is 10.3 Å². The number of carbonyl (C=O) groups excluding carboxylic acids is 1. The van der Waals surface area contributed by atoms with E-state index in [4.69, 9.17) is 14.2 Å². The zero-order chi connectivity index (χ0) is 24.0. The van der Waals surface area contributed by atoms with Gasteiger partial charge in [-0.1, -0.05) is 28.0 Å². The van der Waals surface area contributed by atoms with Gasteiger partial charge in [-0.2, -0.15) is 0 Å². The summed E-state index contributed by atoms with van der Waals surface area (Å²) >= 11 is 0. The molecule has 0 fully saturated rings. The smallest absolute Gasteiger partial charge is 0.357 e. The normalized spacial score (nSPS) is 15.6. The van der Waals surface area contributed by atoms with E-state index in [0.29, 0.717) is 34.6 Å². The lowest BCUT2D eigenvalue weighted by atomic mass is 9.88. The maximum absolute atomic E-state index is 12.8. The molecule has 1 heterocycles. The first-order valence-corrected chi connectivity index (χ1v) is 10.1. The number of hydrogen-bond donors (Lipinski definition) is 2. The average molecular weight is 451 g/mol. The summed E-state index contributed by atoms with van der Waals surface area (Å²) in [6, 6.07) is 6.63. The van der Waals surface area contributed by atoms with Crippen LogP contribution < -0.4 is 9.47 Å². The quantitative estimate of drug-likeness (QED) is 0.279. The van der Waals surface area contributed by atoms with Gasteiger partial charge in [-0.15, -0.1) is 0 Å². The molecular formula is C24H25N3O6. The highest BCUT2D eigenvalue weighted by molar-refractivity contribution is 6.27. The van der Waals surface area contributed by atoms with E-state index in [1.807, 2.05) is 19.9 Å². The van der Waals surface area contributed by atoms with Crippen LogP contribution in [0.2, 0.25) is 0 Å². The Hall–Kier alpha value is -4.14. The van der Waals surface area contributed by atoms with Gasteiger partial charge in [0.25, 0.3) is 0 Å². The van der Waals surface area contributed by atoms with Crippen molar-refractivity contribution in [1.82, 2.24) is 4.98 Å². The molecule has 1 atom stereocenters. The second-order valence-corrected chi connectivity index (χ2v) is 7.38. The first-order chi connectivity index (χ1) is 15.9. The van der Waals surface area contributed by atoms with E-state index in [2.05, 4.69) is 15.3 Å². The van der Waals surface area contributed by atoms with Crippen molar-refractivity contribution in [2.75, 3.05) is 14.2 Å². The van der Waals surface area contributed by atoms with Gasteiger partial charge in [0, 0.05) is 18.2 Å². The van der Waals surface area contributed by atoms with Crippen molar-refractivity contribution < 1.29 is 29.4 Å². The van der Waals surface area contributed by atoms with Crippen LogP contribution in [0.15, 0.2) is 64.6 Å². The van der Waals surface area contributed by atoms with E-state index >= 15 is 0 Å². The summed E-state index contributed by atoms with van der Waals surface area (Å²) < 4.78 is 17.1. The average Bonchev–Trinajstić information content (AvgIpc) is 2.84. The van der Waals surface area contributed by atoms with E-state index in [1.54, 1.807) is 24.3 Å². The van der Waals surface area contributed by atoms with E-state index in [0.717, 1.165) is 5.57 Å². The molecule has 0 saturated heterocycles. The van der Waals surface area contributed by atoms with E-state index in [-0.39, 0.29) is 17.1 Å². The number of aromatic nitrogens is 1. The number of fused-ring (bicyclic) bond motifs is 1. The lowest BCUT2D eigenvalue weighted by Crippen LogP contribution is -2.20. The molecule has 0 radical (unpaired) electrons. The van der Waals surface area contributed by atoms with Gasteiger partial charge in [0.2, 0.25) is 0 Å². The molecule has 1 aliphatic carbocycles. The summed E-state index contributed by atoms with van der Waals surface area (Å²) in [5.74, 6) is 0.0234. The fourth-order valence-electron chi connectivity index (χ4n) is 3.52. The molecule has 3 rings (SSSR count). The molecule has 1 aromatic heterocycles. The first-order valence-electron chi connectivity index (χ1n) is 10.1. The molecule has 0 bridgehead atoms. The molecule has 9 nitrogen and oxygen atoms in total. The van der Waals surface area contributed by atoms with Crippen LogP contribution in [-0.2, 0) is 4.74 Å². The van der Waals surface area contributed by atoms with Crippen LogP contribution in [-0.4, -0.2) is 47.0 Å². The Morgan fingerprint density at radius 2 is 1.79 bits per heavy atom. The van der Waals surface area contributed by atoms with Crippen molar-refractivity contribution in [3.05, 3.63) is 76.6 Å². The van der Waals surface area contributed by atoms with Gasteiger partial charge < -0.3 is 24.6 Å². The number of methoxy groups -OCH3 is 2. The van der Waals surface area contributed by atoms with E-state index < -0.39 is 12.1 Å². The third kappa shape index (κ3) is 4.87. The molecule has 0 aliphatic heterocycles. The lowest BCUT2D eigenvalue weighted by Gasteiger charge is -2.25. The van der Waals surface area contributed by atoms with Crippen molar-refractivity contribution in [2.45, 2.75) is 26.4 Å². The summed E-state index contributed by atoms with van der Waals surface area (Å²) in [7, 11) is 2.91. The van der Waals surface area contributed by atoms with Crippen molar-refractivity contribution in [3.8, 4) is 11.5 Å². The second kappa shape index (κ2) is 10.4.